The monoisotopic (exact) mass is 268 g/mol. The van der Waals surface area contributed by atoms with E-state index in [0.29, 0.717) is 0 Å². The Morgan fingerprint density at radius 1 is 1.33 bits per heavy atom. The van der Waals surface area contributed by atoms with E-state index in [0.717, 1.165) is 17.5 Å². The zero-order valence-corrected chi connectivity index (χ0v) is 11.6. The molecule has 0 saturated heterocycles. The van der Waals surface area contributed by atoms with Crippen LogP contribution >= 0.6 is 12.4 Å². The van der Waals surface area contributed by atoms with Crippen molar-refractivity contribution in [3.05, 3.63) is 36.0 Å². The van der Waals surface area contributed by atoms with Crippen molar-refractivity contribution in [1.82, 2.24) is 4.98 Å². The first-order valence-corrected chi connectivity index (χ1v) is 6.14. The van der Waals surface area contributed by atoms with Crippen LogP contribution in [-0.2, 0) is 0 Å². The molecule has 1 heterocycles. The van der Waals surface area contributed by atoms with E-state index in [-0.39, 0.29) is 24.4 Å². The van der Waals surface area contributed by atoms with Gasteiger partial charge in [0, 0.05) is 11.7 Å². The number of nitrogens with one attached hydrogen (secondary N) is 1. The number of aliphatic hydroxyl groups excluding tert-OH is 1. The molecule has 0 amide bonds. The van der Waals surface area contributed by atoms with Crippen LogP contribution < -0.4 is 5.73 Å². The van der Waals surface area contributed by atoms with Crippen molar-refractivity contribution in [1.29, 1.82) is 0 Å². The van der Waals surface area contributed by atoms with E-state index in [1.807, 2.05) is 37.4 Å². The predicted octanol–water partition coefficient (Wildman–Crippen LogP) is 3.00. The third-order valence-corrected chi connectivity index (χ3v) is 3.56. The number of halogens is 1. The highest BCUT2D eigenvalue weighted by Gasteiger charge is 2.21. The van der Waals surface area contributed by atoms with Crippen molar-refractivity contribution in [3.63, 3.8) is 0 Å². The Morgan fingerprint density at radius 2 is 2.06 bits per heavy atom. The standard InChI is InChI=1S/C14H20N2O.ClH/c1-3-9(2)14(17)13(15)11-5-4-10-6-7-16-12(10)8-11;/h4-9,13-14,16-17H,3,15H2,1-2H3;1H/t9?,13-,14+;/m1./s1. The highest BCUT2D eigenvalue weighted by atomic mass is 35.5. The van der Waals surface area contributed by atoms with Crippen molar-refractivity contribution in [2.24, 2.45) is 11.7 Å². The van der Waals surface area contributed by atoms with E-state index < -0.39 is 6.10 Å². The van der Waals surface area contributed by atoms with Crippen LogP contribution in [0, 0.1) is 5.92 Å². The average molecular weight is 269 g/mol. The first kappa shape index (κ1) is 15.0. The smallest absolute Gasteiger partial charge is 0.0758 e. The highest BCUT2D eigenvalue weighted by molar-refractivity contribution is 5.85. The molecule has 0 radical (unpaired) electrons. The number of fused-ring (bicyclic) bond motifs is 1. The molecule has 0 aliphatic carbocycles. The highest BCUT2D eigenvalue weighted by Crippen LogP contribution is 2.24. The van der Waals surface area contributed by atoms with Gasteiger partial charge in [-0.1, -0.05) is 32.4 Å². The lowest BCUT2D eigenvalue weighted by molar-refractivity contribution is 0.0880. The molecule has 3 atom stereocenters. The normalized spacial score (nSPS) is 16.0. The number of aromatic amines is 1. The molecule has 2 rings (SSSR count). The lowest BCUT2D eigenvalue weighted by atomic mass is 9.91. The van der Waals surface area contributed by atoms with Gasteiger partial charge in [-0.15, -0.1) is 12.4 Å². The predicted molar refractivity (Wildman–Crippen MR) is 77.9 cm³/mol. The summed E-state index contributed by atoms with van der Waals surface area (Å²) >= 11 is 0. The van der Waals surface area contributed by atoms with Crippen molar-refractivity contribution >= 4 is 23.3 Å². The van der Waals surface area contributed by atoms with Crippen LogP contribution in [0.15, 0.2) is 30.5 Å². The second kappa shape index (κ2) is 6.23. The molecular weight excluding hydrogens is 248 g/mol. The molecule has 4 N–H and O–H groups in total. The Labute approximate surface area is 114 Å². The summed E-state index contributed by atoms with van der Waals surface area (Å²) in [6, 6.07) is 7.75. The van der Waals surface area contributed by atoms with Gasteiger partial charge < -0.3 is 15.8 Å². The van der Waals surface area contributed by atoms with Gasteiger partial charge >= 0.3 is 0 Å². The zero-order valence-electron chi connectivity index (χ0n) is 10.8. The lowest BCUT2D eigenvalue weighted by Gasteiger charge is -2.24. The third kappa shape index (κ3) is 2.86. The second-order valence-corrected chi connectivity index (χ2v) is 4.73. The van der Waals surface area contributed by atoms with Gasteiger partial charge in [0.2, 0.25) is 0 Å². The molecule has 1 aromatic carbocycles. The largest absolute Gasteiger partial charge is 0.391 e. The zero-order chi connectivity index (χ0) is 12.4. The fourth-order valence-corrected chi connectivity index (χ4v) is 2.07. The molecule has 0 fully saturated rings. The van der Waals surface area contributed by atoms with Gasteiger partial charge in [-0.2, -0.15) is 0 Å². The van der Waals surface area contributed by atoms with Gasteiger partial charge in [-0.05, 0) is 29.0 Å². The summed E-state index contributed by atoms with van der Waals surface area (Å²) in [5.41, 5.74) is 8.15. The summed E-state index contributed by atoms with van der Waals surface area (Å²) < 4.78 is 0. The van der Waals surface area contributed by atoms with Gasteiger partial charge in [-0.3, -0.25) is 0 Å². The SMILES string of the molecule is CCC(C)[C@H](O)[C@H](N)c1ccc2cc[nH]c2c1.Cl. The van der Waals surface area contributed by atoms with Crippen molar-refractivity contribution in [2.75, 3.05) is 0 Å². The Kier molecular flexibility index (Phi) is 5.20. The summed E-state index contributed by atoms with van der Waals surface area (Å²) in [5.74, 6) is 0.212. The molecule has 4 heteroatoms. The van der Waals surface area contributed by atoms with Crippen LogP contribution in [-0.4, -0.2) is 16.2 Å². The van der Waals surface area contributed by atoms with Crippen LogP contribution in [0.2, 0.25) is 0 Å². The quantitative estimate of drug-likeness (QED) is 0.798. The molecule has 0 saturated carbocycles. The molecule has 3 nitrogen and oxygen atoms in total. The maximum absolute atomic E-state index is 10.1. The molecule has 1 unspecified atom stereocenters. The van der Waals surface area contributed by atoms with E-state index >= 15 is 0 Å². The molecule has 0 aliphatic heterocycles. The summed E-state index contributed by atoms with van der Waals surface area (Å²) in [4.78, 5) is 3.16. The van der Waals surface area contributed by atoms with Crippen molar-refractivity contribution in [3.8, 4) is 0 Å². The van der Waals surface area contributed by atoms with E-state index in [2.05, 4.69) is 11.9 Å². The van der Waals surface area contributed by atoms with Crippen LogP contribution in [0.4, 0.5) is 0 Å². The van der Waals surface area contributed by atoms with Crippen molar-refractivity contribution < 1.29 is 5.11 Å². The number of aliphatic hydroxyl groups is 1. The molecule has 18 heavy (non-hydrogen) atoms. The van der Waals surface area contributed by atoms with Gasteiger partial charge in [0.25, 0.3) is 0 Å². The van der Waals surface area contributed by atoms with Crippen LogP contribution in [0.5, 0.6) is 0 Å². The molecule has 0 spiro atoms. The van der Waals surface area contributed by atoms with Gasteiger partial charge in [0.1, 0.15) is 0 Å². The molecule has 100 valence electrons. The molecular formula is C14H21ClN2O. The fourth-order valence-electron chi connectivity index (χ4n) is 2.07. The second-order valence-electron chi connectivity index (χ2n) is 4.73. The summed E-state index contributed by atoms with van der Waals surface area (Å²) in [7, 11) is 0. The number of hydrogen-bond donors (Lipinski definition) is 3. The number of aromatic nitrogens is 1. The fraction of sp³-hybridized carbons (Fsp3) is 0.429. The molecule has 0 bridgehead atoms. The molecule has 1 aromatic heterocycles. The Balaban J connectivity index is 0.00000162. The Hall–Kier alpha value is -1.03. The summed E-state index contributed by atoms with van der Waals surface area (Å²) in [6.07, 6.45) is 2.34. The minimum atomic E-state index is -0.493. The third-order valence-electron chi connectivity index (χ3n) is 3.56. The maximum Gasteiger partial charge on any atom is 0.0758 e. The minimum Gasteiger partial charge on any atom is -0.391 e. The van der Waals surface area contributed by atoms with Gasteiger partial charge in [0.15, 0.2) is 0 Å². The minimum absolute atomic E-state index is 0. The van der Waals surface area contributed by atoms with Crippen molar-refractivity contribution in [2.45, 2.75) is 32.4 Å². The number of benzene rings is 1. The Morgan fingerprint density at radius 3 is 2.72 bits per heavy atom. The first-order valence-electron chi connectivity index (χ1n) is 6.14. The Bertz CT molecular complexity index is 497. The summed E-state index contributed by atoms with van der Waals surface area (Å²) in [6.45, 7) is 4.09. The van der Waals surface area contributed by atoms with Crippen LogP contribution in [0.25, 0.3) is 10.9 Å². The van der Waals surface area contributed by atoms with Crippen LogP contribution in [0.3, 0.4) is 0 Å². The number of hydrogen-bond acceptors (Lipinski definition) is 2. The lowest BCUT2D eigenvalue weighted by Crippen LogP contribution is -2.31. The van der Waals surface area contributed by atoms with Crippen LogP contribution in [0.1, 0.15) is 31.9 Å². The first-order chi connectivity index (χ1) is 8.13. The number of H-pyrrole nitrogens is 1. The topological polar surface area (TPSA) is 62.0 Å². The maximum atomic E-state index is 10.1. The van der Waals surface area contributed by atoms with E-state index in [1.165, 1.54) is 5.39 Å². The molecule has 2 aromatic rings. The van der Waals surface area contributed by atoms with E-state index in [1.54, 1.807) is 0 Å². The van der Waals surface area contributed by atoms with E-state index in [9.17, 15) is 5.11 Å². The average Bonchev–Trinajstić information content (AvgIpc) is 2.83. The number of nitrogens with two attached hydrogens (primary N) is 1. The van der Waals surface area contributed by atoms with Gasteiger partial charge in [0.05, 0.1) is 12.1 Å². The summed E-state index contributed by atoms with van der Waals surface area (Å²) in [5, 5.41) is 11.3. The molecule has 0 aliphatic rings. The number of rotatable bonds is 4. The van der Waals surface area contributed by atoms with Gasteiger partial charge in [-0.25, -0.2) is 0 Å². The van der Waals surface area contributed by atoms with E-state index in [4.69, 9.17) is 5.73 Å².